The Hall–Kier alpha value is -0.480. The number of halogens is 2. The van der Waals surface area contributed by atoms with E-state index in [0.717, 1.165) is 6.54 Å². The van der Waals surface area contributed by atoms with Gasteiger partial charge in [-0.2, -0.15) is 0 Å². The van der Waals surface area contributed by atoms with Crippen molar-refractivity contribution in [1.29, 1.82) is 0 Å². The van der Waals surface area contributed by atoms with E-state index in [1.807, 2.05) is 0 Å². The molecule has 0 aliphatic carbocycles. The number of β-amino-alcohol motifs (C(OH)–C–C–N with tert-alkyl or cyclic N) is 1. The largest absolute Gasteiger partial charge is 0.489 e. The molecule has 1 aliphatic heterocycles. The lowest BCUT2D eigenvalue weighted by molar-refractivity contribution is 0.0438. The van der Waals surface area contributed by atoms with Gasteiger partial charge in [-0.05, 0) is 38.4 Å². The summed E-state index contributed by atoms with van der Waals surface area (Å²) in [6, 6.07) is 5.61. The Balaban J connectivity index is 1.82. The van der Waals surface area contributed by atoms with Crippen molar-refractivity contribution in [2.24, 2.45) is 0 Å². The summed E-state index contributed by atoms with van der Waals surface area (Å²) in [5, 5.41) is 11.2. The summed E-state index contributed by atoms with van der Waals surface area (Å²) in [4.78, 5) is 2.32. The van der Waals surface area contributed by atoms with Gasteiger partial charge in [0.15, 0.2) is 0 Å². The highest BCUT2D eigenvalue weighted by atomic mass is 35.5. The molecule has 0 radical (unpaired) electrons. The van der Waals surface area contributed by atoms with Gasteiger partial charge in [-0.15, -0.1) is 0 Å². The lowest BCUT2D eigenvalue weighted by Gasteiger charge is -2.34. The van der Waals surface area contributed by atoms with Crippen molar-refractivity contribution in [1.82, 2.24) is 4.90 Å². The molecule has 1 aromatic rings. The fourth-order valence-corrected chi connectivity index (χ4v) is 2.86. The summed E-state index contributed by atoms with van der Waals surface area (Å²) in [5.74, 6) is 0.518. The average molecular weight is 318 g/mol. The molecule has 3 nitrogen and oxygen atoms in total. The predicted octanol–water partition coefficient (Wildman–Crippen LogP) is 3.61. The molecule has 0 saturated carbocycles. The smallest absolute Gasteiger partial charge is 0.139 e. The second kappa shape index (κ2) is 7.51. The van der Waals surface area contributed by atoms with Crippen molar-refractivity contribution >= 4 is 23.2 Å². The predicted molar refractivity (Wildman–Crippen MR) is 82.8 cm³/mol. The van der Waals surface area contributed by atoms with E-state index in [2.05, 4.69) is 11.8 Å². The van der Waals surface area contributed by atoms with Gasteiger partial charge in [-0.3, -0.25) is 4.90 Å². The van der Waals surface area contributed by atoms with E-state index in [1.165, 1.54) is 19.3 Å². The van der Waals surface area contributed by atoms with Gasteiger partial charge in [0.25, 0.3) is 0 Å². The molecule has 0 spiro atoms. The molecule has 5 heteroatoms. The van der Waals surface area contributed by atoms with Crippen LogP contribution in [0.15, 0.2) is 18.2 Å². The quantitative estimate of drug-likeness (QED) is 0.900. The number of hydrogen-bond acceptors (Lipinski definition) is 3. The molecular formula is C15H21Cl2NO2. The Morgan fingerprint density at radius 3 is 2.95 bits per heavy atom. The zero-order chi connectivity index (χ0) is 14.5. The molecule has 112 valence electrons. The molecule has 1 N–H and O–H groups in total. The van der Waals surface area contributed by atoms with Gasteiger partial charge in [0.2, 0.25) is 0 Å². The van der Waals surface area contributed by atoms with E-state index in [0.29, 0.717) is 28.4 Å². The Bertz CT molecular complexity index is 442. The van der Waals surface area contributed by atoms with Crippen molar-refractivity contribution in [3.8, 4) is 5.75 Å². The van der Waals surface area contributed by atoms with Gasteiger partial charge in [-0.25, -0.2) is 0 Å². The van der Waals surface area contributed by atoms with E-state index in [-0.39, 0.29) is 6.61 Å². The van der Waals surface area contributed by atoms with Crippen molar-refractivity contribution < 1.29 is 9.84 Å². The van der Waals surface area contributed by atoms with Gasteiger partial charge < -0.3 is 9.84 Å². The van der Waals surface area contributed by atoms with Crippen molar-refractivity contribution in [3.05, 3.63) is 28.2 Å². The first-order chi connectivity index (χ1) is 9.56. The van der Waals surface area contributed by atoms with Crippen LogP contribution in [0.5, 0.6) is 5.75 Å². The van der Waals surface area contributed by atoms with Crippen LogP contribution < -0.4 is 4.74 Å². The number of piperidine rings is 1. The van der Waals surface area contributed by atoms with Crippen LogP contribution in [0.1, 0.15) is 26.2 Å². The Labute approximate surface area is 130 Å². The van der Waals surface area contributed by atoms with Crippen LogP contribution in [0, 0.1) is 0 Å². The molecule has 1 fully saturated rings. The van der Waals surface area contributed by atoms with Gasteiger partial charge >= 0.3 is 0 Å². The van der Waals surface area contributed by atoms with Crippen LogP contribution in [0.4, 0.5) is 0 Å². The highest BCUT2D eigenvalue weighted by molar-refractivity contribution is 6.34. The standard InChI is InChI=1S/C15H21Cl2NO2/c1-11-4-2-3-7-18(11)9-13(19)10-20-15-8-12(16)5-6-14(15)17/h5-6,8,11,13,19H,2-4,7,9-10H2,1H3. The molecule has 1 aliphatic rings. The molecule has 0 aromatic heterocycles. The lowest BCUT2D eigenvalue weighted by Crippen LogP contribution is -2.43. The number of aliphatic hydroxyl groups excluding tert-OH is 1. The van der Waals surface area contributed by atoms with Crippen LogP contribution in [0.25, 0.3) is 0 Å². The zero-order valence-corrected chi connectivity index (χ0v) is 13.2. The molecule has 2 atom stereocenters. The Morgan fingerprint density at radius 1 is 1.40 bits per heavy atom. The number of hydrogen-bond donors (Lipinski definition) is 1. The van der Waals surface area contributed by atoms with E-state index >= 15 is 0 Å². The van der Waals surface area contributed by atoms with Gasteiger partial charge in [0.05, 0.1) is 5.02 Å². The minimum Gasteiger partial charge on any atom is -0.489 e. The number of ether oxygens (including phenoxy) is 1. The van der Waals surface area contributed by atoms with Crippen LogP contribution in [-0.4, -0.2) is 41.8 Å². The maximum Gasteiger partial charge on any atom is 0.139 e. The second-order valence-corrected chi connectivity index (χ2v) is 6.22. The topological polar surface area (TPSA) is 32.7 Å². The molecule has 1 aromatic carbocycles. The minimum atomic E-state index is -0.523. The fraction of sp³-hybridized carbons (Fsp3) is 0.600. The first-order valence-corrected chi connectivity index (χ1v) is 7.82. The summed E-state index contributed by atoms with van der Waals surface area (Å²) in [6.07, 6.45) is 3.17. The van der Waals surface area contributed by atoms with Crippen LogP contribution >= 0.6 is 23.2 Å². The number of likely N-dealkylation sites (tertiary alicyclic amines) is 1. The number of nitrogens with zero attached hydrogens (tertiary/aromatic N) is 1. The molecule has 2 rings (SSSR count). The van der Waals surface area contributed by atoms with Gasteiger partial charge in [0.1, 0.15) is 18.5 Å². The maximum absolute atomic E-state index is 10.1. The summed E-state index contributed by atoms with van der Waals surface area (Å²) in [7, 11) is 0. The molecule has 1 heterocycles. The van der Waals surface area contributed by atoms with Gasteiger partial charge in [-0.1, -0.05) is 29.6 Å². The third-order valence-corrected chi connectivity index (χ3v) is 4.26. The SMILES string of the molecule is CC1CCCCN1CC(O)COc1cc(Cl)ccc1Cl. The molecular weight excluding hydrogens is 297 g/mol. The normalized spacial score (nSPS) is 21.7. The van der Waals surface area contributed by atoms with Crippen LogP contribution in [0.2, 0.25) is 10.0 Å². The molecule has 0 bridgehead atoms. The average Bonchev–Trinajstić information content (AvgIpc) is 2.42. The summed E-state index contributed by atoms with van der Waals surface area (Å²) >= 11 is 11.9. The van der Waals surface area contributed by atoms with E-state index in [1.54, 1.807) is 18.2 Å². The lowest BCUT2D eigenvalue weighted by atomic mass is 10.0. The minimum absolute atomic E-state index is 0.225. The van der Waals surface area contributed by atoms with E-state index < -0.39 is 6.10 Å². The monoisotopic (exact) mass is 317 g/mol. The fourth-order valence-electron chi connectivity index (χ4n) is 2.53. The van der Waals surface area contributed by atoms with E-state index in [9.17, 15) is 5.11 Å². The summed E-state index contributed by atoms with van der Waals surface area (Å²) in [5.41, 5.74) is 0. The second-order valence-electron chi connectivity index (χ2n) is 5.38. The van der Waals surface area contributed by atoms with Crippen molar-refractivity contribution in [2.75, 3.05) is 19.7 Å². The Morgan fingerprint density at radius 2 is 2.20 bits per heavy atom. The number of benzene rings is 1. The highest BCUT2D eigenvalue weighted by Gasteiger charge is 2.21. The molecule has 2 unspecified atom stereocenters. The van der Waals surface area contributed by atoms with E-state index in [4.69, 9.17) is 27.9 Å². The van der Waals surface area contributed by atoms with Crippen molar-refractivity contribution in [2.45, 2.75) is 38.3 Å². The Kier molecular flexibility index (Phi) is 5.97. The maximum atomic E-state index is 10.1. The third kappa shape index (κ3) is 4.52. The van der Waals surface area contributed by atoms with Crippen LogP contribution in [0.3, 0.4) is 0 Å². The molecule has 1 saturated heterocycles. The summed E-state index contributed by atoms with van der Waals surface area (Å²) in [6.45, 7) is 4.12. The molecule has 0 amide bonds. The third-order valence-electron chi connectivity index (χ3n) is 3.71. The molecule has 20 heavy (non-hydrogen) atoms. The highest BCUT2D eigenvalue weighted by Crippen LogP contribution is 2.27. The van der Waals surface area contributed by atoms with Gasteiger partial charge in [0, 0.05) is 23.7 Å². The van der Waals surface area contributed by atoms with Crippen LogP contribution in [-0.2, 0) is 0 Å². The number of rotatable bonds is 5. The number of aliphatic hydroxyl groups is 1. The van der Waals surface area contributed by atoms with Crippen molar-refractivity contribution in [3.63, 3.8) is 0 Å². The first-order valence-electron chi connectivity index (χ1n) is 7.06. The summed E-state index contributed by atoms with van der Waals surface area (Å²) < 4.78 is 5.56. The zero-order valence-electron chi connectivity index (χ0n) is 11.7. The first kappa shape index (κ1) is 15.9.